The van der Waals surface area contributed by atoms with E-state index in [-0.39, 0.29) is 17.9 Å². The van der Waals surface area contributed by atoms with Crippen molar-refractivity contribution in [2.45, 2.75) is 104 Å². The van der Waals surface area contributed by atoms with Crippen LogP contribution in [0.1, 0.15) is 92.4 Å². The third-order valence-electron chi connectivity index (χ3n) is 4.21. The third-order valence-corrected chi connectivity index (χ3v) is 4.21. The molecule has 0 aromatic heterocycles. The van der Waals surface area contributed by atoms with E-state index in [9.17, 15) is 9.59 Å². The summed E-state index contributed by atoms with van der Waals surface area (Å²) >= 11 is 0. The van der Waals surface area contributed by atoms with Crippen LogP contribution in [0.3, 0.4) is 0 Å². The second-order valence-electron chi connectivity index (χ2n) is 7.71. The van der Waals surface area contributed by atoms with Gasteiger partial charge in [0.25, 0.3) is 0 Å². The van der Waals surface area contributed by atoms with E-state index in [1.54, 1.807) is 4.90 Å². The second-order valence-corrected chi connectivity index (χ2v) is 7.71. The summed E-state index contributed by atoms with van der Waals surface area (Å²) in [5.74, 6) is 0.0810. The van der Waals surface area contributed by atoms with Gasteiger partial charge >= 0.3 is 6.09 Å². The summed E-state index contributed by atoms with van der Waals surface area (Å²) in [5, 5.41) is 0. The Morgan fingerprint density at radius 2 is 1.83 bits per heavy atom. The molecule has 1 aliphatic rings. The van der Waals surface area contributed by atoms with Crippen molar-refractivity contribution in [2.24, 2.45) is 0 Å². The number of carbonyl (C=O) groups is 2. The number of ketones is 1. The van der Waals surface area contributed by atoms with Crippen LogP contribution >= 0.6 is 0 Å². The molecule has 24 heavy (non-hydrogen) atoms. The molecule has 0 aromatic carbocycles. The Morgan fingerprint density at radius 3 is 2.42 bits per heavy atom. The maximum atomic E-state index is 12.6. The molecule has 0 saturated carbocycles. The highest BCUT2D eigenvalue weighted by Gasteiger charge is 2.40. The van der Waals surface area contributed by atoms with Crippen LogP contribution in [0.2, 0.25) is 0 Å². The van der Waals surface area contributed by atoms with E-state index in [1.165, 1.54) is 19.3 Å². The van der Waals surface area contributed by atoms with E-state index >= 15 is 0 Å². The van der Waals surface area contributed by atoms with E-state index in [4.69, 9.17) is 4.74 Å². The third kappa shape index (κ3) is 6.66. The fraction of sp³-hybridized carbons (Fsp3) is 0.800. The molecule has 1 rings (SSSR count). The first-order valence-electron chi connectivity index (χ1n) is 9.55. The zero-order chi connectivity index (χ0) is 18.2. The summed E-state index contributed by atoms with van der Waals surface area (Å²) in [6.07, 6.45) is 10.4. The summed E-state index contributed by atoms with van der Waals surface area (Å²) in [7, 11) is 0. The van der Waals surface area contributed by atoms with Gasteiger partial charge in [0.2, 0.25) is 0 Å². The number of hydrogen-bond donors (Lipinski definition) is 0. The van der Waals surface area contributed by atoms with Crippen LogP contribution in [0.5, 0.6) is 0 Å². The predicted molar refractivity (Wildman–Crippen MR) is 97.9 cm³/mol. The standard InChI is InChI=1S/C20H35NO3/c1-6-8-10-11-12-14-17-18(22)15-16(13-9-7-2)21(17)19(23)24-20(3,4)5/h14,16H,6-13,15H2,1-5H3/b17-14+/t16-/m0/s1. The van der Waals surface area contributed by atoms with Crippen molar-refractivity contribution in [1.29, 1.82) is 0 Å². The first kappa shape index (κ1) is 20.7. The first-order valence-corrected chi connectivity index (χ1v) is 9.55. The lowest BCUT2D eigenvalue weighted by molar-refractivity contribution is -0.114. The van der Waals surface area contributed by atoms with Gasteiger partial charge in [-0.3, -0.25) is 9.69 Å². The Morgan fingerprint density at radius 1 is 1.17 bits per heavy atom. The van der Waals surface area contributed by atoms with Crippen LogP contribution < -0.4 is 0 Å². The maximum Gasteiger partial charge on any atom is 0.415 e. The van der Waals surface area contributed by atoms with Crippen molar-refractivity contribution >= 4 is 11.9 Å². The molecule has 0 aromatic rings. The van der Waals surface area contributed by atoms with E-state index in [0.29, 0.717) is 12.1 Å². The Bertz CT molecular complexity index is 448. The molecular formula is C20H35NO3. The number of nitrogens with zero attached hydrogens (tertiary/aromatic N) is 1. The van der Waals surface area contributed by atoms with Gasteiger partial charge in [-0.15, -0.1) is 0 Å². The molecule has 0 aliphatic carbocycles. The second kappa shape index (κ2) is 9.85. The van der Waals surface area contributed by atoms with E-state index < -0.39 is 5.60 Å². The number of carbonyl (C=O) groups excluding carboxylic acids is 2. The number of Topliss-reactive ketones (excluding diaryl/α,β-unsaturated/α-hetero) is 1. The minimum absolute atomic E-state index is 0.0470. The van der Waals surface area contributed by atoms with Gasteiger partial charge in [0.1, 0.15) is 5.60 Å². The molecule has 1 atom stereocenters. The van der Waals surface area contributed by atoms with Gasteiger partial charge in [-0.2, -0.15) is 0 Å². The molecule has 0 unspecified atom stereocenters. The molecule has 1 amide bonds. The summed E-state index contributed by atoms with van der Waals surface area (Å²) < 4.78 is 5.55. The summed E-state index contributed by atoms with van der Waals surface area (Å²) in [4.78, 5) is 26.7. The van der Waals surface area contributed by atoms with E-state index in [0.717, 1.165) is 32.1 Å². The average Bonchev–Trinajstić information content (AvgIpc) is 2.79. The first-order chi connectivity index (χ1) is 11.3. The molecule has 1 fully saturated rings. The van der Waals surface area contributed by atoms with Crippen LogP contribution in [0, 0.1) is 0 Å². The van der Waals surface area contributed by atoms with Crippen LogP contribution in [0.25, 0.3) is 0 Å². The number of likely N-dealkylation sites (tertiary alicyclic amines) is 1. The quantitative estimate of drug-likeness (QED) is 0.427. The van der Waals surface area contributed by atoms with E-state index in [1.807, 2.05) is 26.8 Å². The van der Waals surface area contributed by atoms with Gasteiger partial charge in [-0.25, -0.2) is 4.79 Å². The maximum absolute atomic E-state index is 12.6. The van der Waals surface area contributed by atoms with Crippen molar-refractivity contribution in [2.75, 3.05) is 0 Å². The number of rotatable bonds is 8. The Hall–Kier alpha value is -1.32. The van der Waals surface area contributed by atoms with Crippen molar-refractivity contribution in [3.63, 3.8) is 0 Å². The van der Waals surface area contributed by atoms with Gasteiger partial charge in [0.15, 0.2) is 5.78 Å². The molecule has 1 aliphatic heterocycles. The molecule has 0 bridgehead atoms. The van der Waals surface area contributed by atoms with Crippen molar-refractivity contribution in [3.05, 3.63) is 11.8 Å². The van der Waals surface area contributed by atoms with Crippen molar-refractivity contribution < 1.29 is 14.3 Å². The highest BCUT2D eigenvalue weighted by atomic mass is 16.6. The van der Waals surface area contributed by atoms with Gasteiger partial charge < -0.3 is 4.74 Å². The Balaban J connectivity index is 2.85. The lowest BCUT2D eigenvalue weighted by Gasteiger charge is -2.28. The molecule has 0 radical (unpaired) electrons. The van der Waals surface area contributed by atoms with Crippen LogP contribution in [0.15, 0.2) is 11.8 Å². The predicted octanol–water partition coefficient (Wildman–Crippen LogP) is 5.61. The molecule has 138 valence electrons. The van der Waals surface area contributed by atoms with Crippen LogP contribution in [0.4, 0.5) is 4.79 Å². The summed E-state index contributed by atoms with van der Waals surface area (Å²) in [5.41, 5.74) is 0.00594. The number of unbranched alkanes of at least 4 members (excludes halogenated alkanes) is 5. The molecule has 0 N–H and O–H groups in total. The Labute approximate surface area is 147 Å². The van der Waals surface area contributed by atoms with Crippen LogP contribution in [-0.4, -0.2) is 28.4 Å². The van der Waals surface area contributed by atoms with Gasteiger partial charge in [-0.1, -0.05) is 52.0 Å². The number of ether oxygens (including phenoxy) is 1. The zero-order valence-electron chi connectivity index (χ0n) is 16.2. The smallest absolute Gasteiger partial charge is 0.415 e. The minimum Gasteiger partial charge on any atom is -0.443 e. The van der Waals surface area contributed by atoms with E-state index in [2.05, 4.69) is 13.8 Å². The van der Waals surface area contributed by atoms with Gasteiger partial charge in [0, 0.05) is 12.5 Å². The normalized spacial score (nSPS) is 20.0. The minimum atomic E-state index is -0.551. The van der Waals surface area contributed by atoms with Crippen molar-refractivity contribution in [1.82, 2.24) is 4.90 Å². The molecule has 4 heteroatoms. The lowest BCUT2D eigenvalue weighted by Crippen LogP contribution is -2.39. The molecule has 4 nitrogen and oxygen atoms in total. The van der Waals surface area contributed by atoms with Crippen molar-refractivity contribution in [3.8, 4) is 0 Å². The Kier molecular flexibility index (Phi) is 8.51. The largest absolute Gasteiger partial charge is 0.443 e. The average molecular weight is 338 g/mol. The number of allylic oxidation sites excluding steroid dienone is 2. The highest BCUT2D eigenvalue weighted by molar-refractivity contribution is 6.01. The van der Waals surface area contributed by atoms with Gasteiger partial charge in [0.05, 0.1) is 5.70 Å². The molecule has 1 saturated heterocycles. The zero-order valence-corrected chi connectivity index (χ0v) is 16.2. The SMILES string of the molecule is CCCCCC/C=C1\C(=O)C[C@H](CCCC)N1C(=O)OC(C)(C)C. The topological polar surface area (TPSA) is 46.6 Å². The summed E-state index contributed by atoms with van der Waals surface area (Å²) in [6, 6.07) is -0.0470. The summed E-state index contributed by atoms with van der Waals surface area (Å²) in [6.45, 7) is 9.88. The molecular weight excluding hydrogens is 302 g/mol. The van der Waals surface area contributed by atoms with Gasteiger partial charge in [-0.05, 0) is 40.0 Å². The lowest BCUT2D eigenvalue weighted by atomic mass is 10.1. The monoisotopic (exact) mass is 337 g/mol. The highest BCUT2D eigenvalue weighted by Crippen LogP contribution is 2.30. The number of hydrogen-bond acceptors (Lipinski definition) is 3. The fourth-order valence-corrected chi connectivity index (χ4v) is 2.99. The molecule has 0 spiro atoms. The fourth-order valence-electron chi connectivity index (χ4n) is 2.99. The molecule has 1 heterocycles. The number of amides is 1. The van der Waals surface area contributed by atoms with Crippen LogP contribution in [-0.2, 0) is 9.53 Å².